The van der Waals surface area contributed by atoms with Gasteiger partial charge in [0.05, 0.1) is 7.11 Å². The monoisotopic (exact) mass is 251 g/mol. The van der Waals surface area contributed by atoms with Crippen molar-refractivity contribution in [1.82, 2.24) is 5.32 Å². The molecule has 6 nitrogen and oxygen atoms in total. The first-order valence-electron chi connectivity index (χ1n) is 5.14. The SMILES string of the molecule is COC(=O)[C@@H](NC(C)=O)C(=O)c1ccc(O)cc1. The number of carbonyl (C=O) groups is 3. The summed E-state index contributed by atoms with van der Waals surface area (Å²) in [6.45, 7) is 1.19. The average molecular weight is 251 g/mol. The van der Waals surface area contributed by atoms with Crippen molar-refractivity contribution in [2.24, 2.45) is 0 Å². The van der Waals surface area contributed by atoms with Crippen molar-refractivity contribution in [3.05, 3.63) is 29.8 Å². The van der Waals surface area contributed by atoms with E-state index in [1.807, 2.05) is 0 Å². The number of hydrogen-bond donors (Lipinski definition) is 2. The van der Waals surface area contributed by atoms with Gasteiger partial charge in [0.25, 0.3) is 0 Å². The lowest BCUT2D eigenvalue weighted by molar-refractivity contribution is -0.143. The highest BCUT2D eigenvalue weighted by Gasteiger charge is 2.29. The summed E-state index contributed by atoms with van der Waals surface area (Å²) in [6, 6.07) is 3.97. The Morgan fingerprint density at radius 3 is 2.22 bits per heavy atom. The summed E-state index contributed by atoms with van der Waals surface area (Å²) in [7, 11) is 1.13. The van der Waals surface area contributed by atoms with Crippen LogP contribution in [-0.2, 0) is 14.3 Å². The second kappa shape index (κ2) is 5.81. The molecule has 0 heterocycles. The van der Waals surface area contributed by atoms with Gasteiger partial charge >= 0.3 is 5.97 Å². The Balaban J connectivity index is 2.98. The Bertz CT molecular complexity index is 466. The molecule has 0 aliphatic rings. The van der Waals surface area contributed by atoms with Crippen molar-refractivity contribution in [2.45, 2.75) is 13.0 Å². The van der Waals surface area contributed by atoms with Crippen molar-refractivity contribution in [1.29, 1.82) is 0 Å². The van der Waals surface area contributed by atoms with E-state index in [9.17, 15) is 14.4 Å². The van der Waals surface area contributed by atoms with Crippen LogP contribution in [0.15, 0.2) is 24.3 Å². The minimum Gasteiger partial charge on any atom is -0.508 e. The van der Waals surface area contributed by atoms with Gasteiger partial charge in [-0.25, -0.2) is 4.79 Å². The molecule has 0 aliphatic heterocycles. The van der Waals surface area contributed by atoms with E-state index < -0.39 is 23.7 Å². The summed E-state index contributed by atoms with van der Waals surface area (Å²) in [4.78, 5) is 34.4. The molecule has 1 rings (SSSR count). The number of ketones is 1. The van der Waals surface area contributed by atoms with Gasteiger partial charge in [0, 0.05) is 12.5 Å². The third kappa shape index (κ3) is 3.31. The van der Waals surface area contributed by atoms with Crippen molar-refractivity contribution >= 4 is 17.7 Å². The number of carbonyl (C=O) groups excluding carboxylic acids is 3. The van der Waals surface area contributed by atoms with Crippen LogP contribution in [0.4, 0.5) is 0 Å². The maximum Gasteiger partial charge on any atom is 0.336 e. The largest absolute Gasteiger partial charge is 0.508 e. The fourth-order valence-electron chi connectivity index (χ4n) is 1.34. The van der Waals surface area contributed by atoms with E-state index in [4.69, 9.17) is 5.11 Å². The number of rotatable bonds is 4. The molecule has 0 unspecified atom stereocenters. The van der Waals surface area contributed by atoms with Gasteiger partial charge < -0.3 is 15.2 Å². The van der Waals surface area contributed by atoms with Crippen LogP contribution in [0.3, 0.4) is 0 Å². The number of amides is 1. The maximum absolute atomic E-state index is 12.0. The van der Waals surface area contributed by atoms with Crippen LogP contribution in [0.2, 0.25) is 0 Å². The Morgan fingerprint density at radius 1 is 1.22 bits per heavy atom. The minimum atomic E-state index is -1.38. The molecule has 0 bridgehead atoms. The van der Waals surface area contributed by atoms with Crippen LogP contribution >= 0.6 is 0 Å². The number of ether oxygens (including phenoxy) is 1. The van der Waals surface area contributed by atoms with E-state index in [1.54, 1.807) is 0 Å². The lowest BCUT2D eigenvalue weighted by Gasteiger charge is -2.14. The minimum absolute atomic E-state index is 0.000644. The van der Waals surface area contributed by atoms with Gasteiger partial charge in [-0.2, -0.15) is 0 Å². The number of aromatic hydroxyl groups is 1. The Kier molecular flexibility index (Phi) is 4.42. The van der Waals surface area contributed by atoms with Gasteiger partial charge in [0.15, 0.2) is 11.8 Å². The number of hydrogen-bond acceptors (Lipinski definition) is 5. The predicted octanol–water partition coefficient (Wildman–Crippen LogP) is 0.253. The summed E-state index contributed by atoms with van der Waals surface area (Å²) in [5.74, 6) is -1.96. The van der Waals surface area contributed by atoms with Gasteiger partial charge in [0.1, 0.15) is 5.75 Å². The van der Waals surface area contributed by atoms with Crippen LogP contribution in [0.1, 0.15) is 17.3 Å². The van der Waals surface area contributed by atoms with Crippen molar-refractivity contribution in [2.75, 3.05) is 7.11 Å². The van der Waals surface area contributed by atoms with Gasteiger partial charge in [-0.15, -0.1) is 0 Å². The predicted molar refractivity (Wildman–Crippen MR) is 62.1 cm³/mol. The van der Waals surface area contributed by atoms with E-state index in [2.05, 4.69) is 10.1 Å². The van der Waals surface area contributed by atoms with Crippen LogP contribution in [-0.4, -0.2) is 35.9 Å². The van der Waals surface area contributed by atoms with E-state index >= 15 is 0 Å². The highest BCUT2D eigenvalue weighted by atomic mass is 16.5. The molecule has 1 amide bonds. The van der Waals surface area contributed by atoms with Crippen LogP contribution in [0.5, 0.6) is 5.75 Å². The fourth-order valence-corrected chi connectivity index (χ4v) is 1.34. The molecule has 1 atom stereocenters. The molecule has 0 saturated carbocycles. The van der Waals surface area contributed by atoms with Gasteiger partial charge in [-0.1, -0.05) is 0 Å². The number of methoxy groups -OCH3 is 1. The Labute approximate surface area is 104 Å². The molecule has 2 N–H and O–H groups in total. The molecule has 1 aromatic rings. The first-order chi connectivity index (χ1) is 8.45. The zero-order chi connectivity index (χ0) is 13.7. The molecule has 0 saturated heterocycles. The molecule has 96 valence electrons. The van der Waals surface area contributed by atoms with Crippen LogP contribution in [0, 0.1) is 0 Å². The lowest BCUT2D eigenvalue weighted by atomic mass is 10.0. The van der Waals surface area contributed by atoms with E-state index in [1.165, 1.54) is 31.2 Å². The first kappa shape index (κ1) is 13.7. The van der Waals surface area contributed by atoms with Crippen molar-refractivity contribution < 1.29 is 24.2 Å². The molecule has 1 aromatic carbocycles. The Hall–Kier alpha value is -2.37. The molecule has 6 heteroatoms. The topological polar surface area (TPSA) is 92.7 Å². The summed E-state index contributed by atoms with van der Waals surface area (Å²) >= 11 is 0. The third-order valence-electron chi connectivity index (χ3n) is 2.20. The second-order valence-corrected chi connectivity index (χ2v) is 3.57. The molecule has 18 heavy (non-hydrogen) atoms. The number of esters is 1. The number of nitrogens with one attached hydrogen (secondary N) is 1. The van der Waals surface area contributed by atoms with Crippen molar-refractivity contribution in [3.8, 4) is 5.75 Å². The zero-order valence-corrected chi connectivity index (χ0v) is 9.97. The molecule has 0 aromatic heterocycles. The lowest BCUT2D eigenvalue weighted by Crippen LogP contribution is -2.46. The molecular weight excluding hydrogens is 238 g/mol. The third-order valence-corrected chi connectivity index (χ3v) is 2.20. The highest BCUT2D eigenvalue weighted by Crippen LogP contribution is 2.12. The molecule has 0 fully saturated rings. The fraction of sp³-hybridized carbons (Fsp3) is 0.250. The maximum atomic E-state index is 12.0. The first-order valence-corrected chi connectivity index (χ1v) is 5.14. The Morgan fingerprint density at radius 2 is 1.78 bits per heavy atom. The second-order valence-electron chi connectivity index (χ2n) is 3.57. The summed E-state index contributed by atoms with van der Waals surface area (Å²) in [6.07, 6.45) is 0. The molecule has 0 spiro atoms. The number of phenols is 1. The summed E-state index contributed by atoms with van der Waals surface area (Å²) in [5.41, 5.74) is 0.192. The van der Waals surface area contributed by atoms with E-state index in [0.717, 1.165) is 7.11 Å². The highest BCUT2D eigenvalue weighted by molar-refractivity contribution is 6.13. The number of Topliss-reactive ketones (excluding diaryl/α,β-unsaturated/α-hetero) is 1. The van der Waals surface area contributed by atoms with Gasteiger partial charge in [-0.05, 0) is 24.3 Å². The number of phenolic OH excluding ortho intramolecular Hbond substituents is 1. The molecular formula is C12H13NO5. The quantitative estimate of drug-likeness (QED) is 0.454. The van der Waals surface area contributed by atoms with Gasteiger partial charge in [-0.3, -0.25) is 9.59 Å². The van der Waals surface area contributed by atoms with E-state index in [-0.39, 0.29) is 11.3 Å². The van der Waals surface area contributed by atoms with E-state index in [0.29, 0.717) is 0 Å². The smallest absolute Gasteiger partial charge is 0.336 e. The zero-order valence-electron chi connectivity index (χ0n) is 9.97. The molecule has 0 radical (unpaired) electrons. The van der Waals surface area contributed by atoms with Gasteiger partial charge in [0.2, 0.25) is 5.91 Å². The summed E-state index contributed by atoms with van der Waals surface area (Å²) in [5, 5.41) is 11.3. The summed E-state index contributed by atoms with van der Waals surface area (Å²) < 4.78 is 4.46. The van der Waals surface area contributed by atoms with Crippen molar-refractivity contribution in [3.63, 3.8) is 0 Å². The van der Waals surface area contributed by atoms with Crippen LogP contribution < -0.4 is 5.32 Å². The standard InChI is InChI=1S/C12H13NO5/c1-7(14)13-10(12(17)18-2)11(16)8-3-5-9(15)6-4-8/h3-6,10,15H,1-2H3,(H,13,14)/t10-/m0/s1. The number of benzene rings is 1. The molecule has 0 aliphatic carbocycles. The average Bonchev–Trinajstić information content (AvgIpc) is 2.35. The van der Waals surface area contributed by atoms with Crippen LogP contribution in [0.25, 0.3) is 0 Å². The normalized spacial score (nSPS) is 11.4.